The van der Waals surface area contributed by atoms with Crippen molar-refractivity contribution in [1.82, 2.24) is 10.8 Å². The van der Waals surface area contributed by atoms with Crippen LogP contribution < -0.4 is 15.5 Å². The second kappa shape index (κ2) is 9.44. The summed E-state index contributed by atoms with van der Waals surface area (Å²) in [6.07, 6.45) is -1.21. The molecule has 0 aliphatic heterocycles. The fraction of sp³-hybridized carbons (Fsp3) is 0.222. The number of nitrogens with one attached hydrogen (secondary N) is 2. The Labute approximate surface area is 159 Å². The lowest BCUT2D eigenvalue weighted by atomic mass is 10.1. The van der Waals surface area contributed by atoms with Crippen LogP contribution in [0.15, 0.2) is 48.5 Å². The van der Waals surface area contributed by atoms with Gasteiger partial charge in [0.05, 0.1) is 17.1 Å². The van der Waals surface area contributed by atoms with Gasteiger partial charge in [0.25, 0.3) is 17.5 Å². The summed E-state index contributed by atoms with van der Waals surface area (Å²) in [6, 6.07) is 10.7. The summed E-state index contributed by atoms with van der Waals surface area (Å²) in [4.78, 5) is 33.9. The van der Waals surface area contributed by atoms with E-state index < -0.39 is 28.9 Å². The number of hydrogen-bond donors (Lipinski definition) is 4. The number of ether oxygens (including phenoxy) is 1. The highest BCUT2D eigenvalue weighted by Crippen LogP contribution is 2.20. The average molecular weight is 389 g/mol. The first kappa shape index (κ1) is 20.8. The van der Waals surface area contributed by atoms with Crippen molar-refractivity contribution in [2.45, 2.75) is 25.7 Å². The van der Waals surface area contributed by atoms with E-state index in [2.05, 4.69) is 5.32 Å². The standard InChI is InChI=1S/C18H19N3O7/c1-11(22)16(18(24)20-25)19-17(23)13-7-5-12(6-8-13)10-28-15-4-2-3-14(9-15)21(26)27/h2-9,11,16,22,25H,10H2,1H3,(H,19,23)(H,20,24)/t11-,16+/m1/s1. The predicted molar refractivity (Wildman–Crippen MR) is 96.7 cm³/mol. The topological polar surface area (TPSA) is 151 Å². The molecule has 0 saturated carbocycles. The van der Waals surface area contributed by atoms with Crippen LogP contribution in [0.25, 0.3) is 0 Å². The number of hydroxylamine groups is 1. The van der Waals surface area contributed by atoms with E-state index in [4.69, 9.17) is 9.94 Å². The van der Waals surface area contributed by atoms with Crippen LogP contribution in [0, 0.1) is 10.1 Å². The maximum atomic E-state index is 12.2. The molecule has 0 heterocycles. The van der Waals surface area contributed by atoms with E-state index in [0.29, 0.717) is 11.3 Å². The molecular formula is C18H19N3O7. The molecule has 0 bridgehead atoms. The summed E-state index contributed by atoms with van der Waals surface area (Å²) in [6.45, 7) is 1.43. The van der Waals surface area contributed by atoms with Crippen molar-refractivity contribution < 1.29 is 29.6 Å². The van der Waals surface area contributed by atoms with E-state index in [1.54, 1.807) is 18.2 Å². The maximum absolute atomic E-state index is 12.2. The molecule has 2 aromatic rings. The number of carbonyl (C=O) groups is 2. The van der Waals surface area contributed by atoms with Gasteiger partial charge in [0.1, 0.15) is 18.4 Å². The third-order valence-electron chi connectivity index (χ3n) is 3.81. The molecule has 0 spiro atoms. The highest BCUT2D eigenvalue weighted by atomic mass is 16.6. The van der Waals surface area contributed by atoms with Crippen molar-refractivity contribution in [2.75, 3.05) is 0 Å². The van der Waals surface area contributed by atoms with Gasteiger partial charge < -0.3 is 15.2 Å². The van der Waals surface area contributed by atoms with Crippen molar-refractivity contribution in [3.05, 3.63) is 69.8 Å². The Kier molecular flexibility index (Phi) is 7.02. The predicted octanol–water partition coefficient (Wildman–Crippen LogP) is 1.16. The third-order valence-corrected chi connectivity index (χ3v) is 3.81. The van der Waals surface area contributed by atoms with E-state index in [0.717, 1.165) is 0 Å². The Morgan fingerprint density at radius 1 is 1.21 bits per heavy atom. The quantitative estimate of drug-likeness (QED) is 0.300. The lowest BCUT2D eigenvalue weighted by Gasteiger charge is -2.19. The number of aliphatic hydroxyl groups excluding tert-OH is 1. The fourth-order valence-electron chi connectivity index (χ4n) is 2.31. The summed E-state index contributed by atoms with van der Waals surface area (Å²) in [5.41, 5.74) is 2.25. The molecule has 0 unspecified atom stereocenters. The monoisotopic (exact) mass is 389 g/mol. The normalized spacial score (nSPS) is 12.5. The fourth-order valence-corrected chi connectivity index (χ4v) is 2.31. The molecule has 0 radical (unpaired) electrons. The van der Waals surface area contributed by atoms with Gasteiger partial charge in [0.2, 0.25) is 0 Å². The van der Waals surface area contributed by atoms with Crippen molar-refractivity contribution in [3.8, 4) is 5.75 Å². The minimum absolute atomic E-state index is 0.0795. The Morgan fingerprint density at radius 2 is 1.89 bits per heavy atom. The Balaban J connectivity index is 1.99. The molecule has 0 aliphatic carbocycles. The van der Waals surface area contributed by atoms with Crippen LogP contribution in [-0.4, -0.2) is 39.2 Å². The molecule has 2 aromatic carbocycles. The Morgan fingerprint density at radius 3 is 2.46 bits per heavy atom. The first-order chi connectivity index (χ1) is 13.3. The number of benzene rings is 2. The number of nitro groups is 1. The molecule has 2 rings (SSSR count). The molecule has 2 atom stereocenters. The maximum Gasteiger partial charge on any atom is 0.273 e. The molecular weight excluding hydrogens is 370 g/mol. The molecule has 0 aromatic heterocycles. The van der Waals surface area contributed by atoms with Crippen LogP contribution in [-0.2, 0) is 11.4 Å². The largest absolute Gasteiger partial charge is 0.489 e. The minimum Gasteiger partial charge on any atom is -0.489 e. The zero-order chi connectivity index (χ0) is 20.7. The van der Waals surface area contributed by atoms with Crippen molar-refractivity contribution in [1.29, 1.82) is 0 Å². The first-order valence-electron chi connectivity index (χ1n) is 8.21. The van der Waals surface area contributed by atoms with Crippen LogP contribution in [0.1, 0.15) is 22.8 Å². The van der Waals surface area contributed by atoms with Crippen LogP contribution >= 0.6 is 0 Å². The van der Waals surface area contributed by atoms with Crippen LogP contribution in [0.5, 0.6) is 5.75 Å². The number of aliphatic hydroxyl groups is 1. The molecule has 2 amide bonds. The van der Waals surface area contributed by atoms with Gasteiger partial charge in [-0.15, -0.1) is 0 Å². The smallest absolute Gasteiger partial charge is 0.273 e. The first-order valence-corrected chi connectivity index (χ1v) is 8.21. The highest BCUT2D eigenvalue weighted by molar-refractivity contribution is 5.97. The second-order valence-corrected chi connectivity index (χ2v) is 5.91. The van der Waals surface area contributed by atoms with Gasteiger partial charge in [0, 0.05) is 11.6 Å². The lowest BCUT2D eigenvalue weighted by Crippen LogP contribution is -2.51. The van der Waals surface area contributed by atoms with Gasteiger partial charge in [0.15, 0.2) is 0 Å². The molecule has 148 valence electrons. The van der Waals surface area contributed by atoms with E-state index >= 15 is 0 Å². The van der Waals surface area contributed by atoms with Crippen molar-refractivity contribution in [2.24, 2.45) is 0 Å². The summed E-state index contributed by atoms with van der Waals surface area (Å²) in [5.74, 6) is -1.21. The highest BCUT2D eigenvalue weighted by Gasteiger charge is 2.25. The van der Waals surface area contributed by atoms with E-state index in [1.165, 1.54) is 42.7 Å². The van der Waals surface area contributed by atoms with Gasteiger partial charge >= 0.3 is 0 Å². The zero-order valence-electron chi connectivity index (χ0n) is 14.9. The number of carbonyl (C=O) groups excluding carboxylic acids is 2. The summed E-state index contributed by atoms with van der Waals surface area (Å²) in [5, 5.41) is 31.3. The van der Waals surface area contributed by atoms with Crippen LogP contribution in [0.2, 0.25) is 0 Å². The Hall–Kier alpha value is -3.50. The van der Waals surface area contributed by atoms with Gasteiger partial charge in [-0.2, -0.15) is 0 Å². The molecule has 4 N–H and O–H groups in total. The summed E-state index contributed by atoms with van der Waals surface area (Å²) < 4.78 is 5.51. The molecule has 28 heavy (non-hydrogen) atoms. The van der Waals surface area contributed by atoms with Gasteiger partial charge in [-0.1, -0.05) is 18.2 Å². The van der Waals surface area contributed by atoms with Crippen LogP contribution in [0.4, 0.5) is 5.69 Å². The van der Waals surface area contributed by atoms with Crippen molar-refractivity contribution >= 4 is 17.5 Å². The summed E-state index contributed by atoms with van der Waals surface area (Å²) in [7, 11) is 0. The number of nitrogens with zero attached hydrogens (tertiary/aromatic N) is 1. The number of rotatable bonds is 8. The van der Waals surface area contributed by atoms with E-state index in [1.807, 2.05) is 0 Å². The zero-order valence-corrected chi connectivity index (χ0v) is 14.9. The van der Waals surface area contributed by atoms with Crippen LogP contribution in [0.3, 0.4) is 0 Å². The third kappa shape index (κ3) is 5.50. The average Bonchev–Trinajstić information content (AvgIpc) is 2.70. The van der Waals surface area contributed by atoms with E-state index in [9.17, 15) is 24.8 Å². The number of hydrogen-bond acceptors (Lipinski definition) is 7. The van der Waals surface area contributed by atoms with Gasteiger partial charge in [-0.3, -0.25) is 24.9 Å². The summed E-state index contributed by atoms with van der Waals surface area (Å²) >= 11 is 0. The second-order valence-electron chi connectivity index (χ2n) is 5.91. The molecule has 0 aliphatic rings. The Bertz CT molecular complexity index is 853. The minimum atomic E-state index is -1.31. The molecule has 10 heteroatoms. The van der Waals surface area contributed by atoms with Gasteiger partial charge in [-0.25, -0.2) is 5.48 Å². The number of amides is 2. The SMILES string of the molecule is C[C@@H](O)[C@H](NC(=O)c1ccc(COc2cccc([N+](=O)[O-])c2)cc1)C(=O)NO. The van der Waals surface area contributed by atoms with Gasteiger partial charge in [-0.05, 0) is 30.7 Å². The molecule has 10 nitrogen and oxygen atoms in total. The number of non-ortho nitro benzene ring substituents is 1. The molecule has 0 saturated heterocycles. The molecule has 0 fully saturated rings. The van der Waals surface area contributed by atoms with Crippen molar-refractivity contribution in [3.63, 3.8) is 0 Å². The van der Waals surface area contributed by atoms with E-state index in [-0.39, 0.29) is 17.9 Å². The number of nitro benzene ring substituents is 1. The lowest BCUT2D eigenvalue weighted by molar-refractivity contribution is -0.384.